The number of hydrogen-bond acceptors (Lipinski definition) is 3. The molecule has 58 valence electrons. The topological polar surface area (TPSA) is 136 Å². The van der Waals surface area contributed by atoms with Gasteiger partial charge in [-0.1, -0.05) is 0 Å². The lowest BCUT2D eigenvalue weighted by atomic mass is 10.9. The number of rotatable bonds is 0. The molecule has 6 N–H and O–H groups in total. The lowest BCUT2D eigenvalue weighted by Gasteiger charge is -1.88. The molecule has 0 aliphatic carbocycles. The SMILES string of the molecule is NC(=O)NC(N)=O.O=PO. The van der Waals surface area contributed by atoms with Gasteiger partial charge in [0.1, 0.15) is 0 Å². The summed E-state index contributed by atoms with van der Waals surface area (Å²) in [7, 11) is -0.833. The van der Waals surface area contributed by atoms with E-state index in [4.69, 9.17) is 9.46 Å². The molecule has 10 heavy (non-hydrogen) atoms. The van der Waals surface area contributed by atoms with Gasteiger partial charge in [0.05, 0.1) is 0 Å². The Bertz CT molecular complexity index is 124. The Morgan fingerprint density at radius 3 is 1.50 bits per heavy atom. The van der Waals surface area contributed by atoms with Crippen LogP contribution in [-0.2, 0) is 4.57 Å². The average Bonchev–Trinajstić information content (AvgIpc) is 1.62. The molecule has 7 nitrogen and oxygen atoms in total. The molecule has 0 saturated heterocycles. The van der Waals surface area contributed by atoms with Gasteiger partial charge in [-0.05, 0) is 0 Å². The van der Waals surface area contributed by atoms with Crippen molar-refractivity contribution in [2.24, 2.45) is 11.5 Å². The first kappa shape index (κ1) is 11.6. The van der Waals surface area contributed by atoms with E-state index in [0.717, 1.165) is 0 Å². The molecule has 0 atom stereocenters. The number of primary amides is 2. The maximum Gasteiger partial charge on any atom is 0.324 e. The van der Waals surface area contributed by atoms with Crippen LogP contribution >= 0.6 is 8.69 Å². The van der Waals surface area contributed by atoms with Gasteiger partial charge in [0.2, 0.25) is 0 Å². The van der Waals surface area contributed by atoms with E-state index in [1.54, 1.807) is 5.32 Å². The molecule has 0 unspecified atom stereocenters. The highest BCUT2D eigenvalue weighted by Crippen LogP contribution is 1.66. The Balaban J connectivity index is 0. The fourth-order valence-corrected chi connectivity index (χ4v) is 0.121. The molecular formula is C2H6N3O4P. The first-order valence-corrected chi connectivity index (χ1v) is 2.63. The molecule has 0 spiro atoms. The van der Waals surface area contributed by atoms with Crippen molar-refractivity contribution >= 4 is 20.7 Å². The minimum atomic E-state index is -0.938. The van der Waals surface area contributed by atoms with Crippen LogP contribution in [-0.4, -0.2) is 17.0 Å². The van der Waals surface area contributed by atoms with Crippen LogP contribution in [0.5, 0.6) is 0 Å². The number of carbonyl (C=O) groups is 2. The summed E-state index contributed by atoms with van der Waals surface area (Å²) in [6.07, 6.45) is 0. The van der Waals surface area contributed by atoms with Crippen molar-refractivity contribution in [3.8, 4) is 0 Å². The fraction of sp³-hybridized carbons (Fsp3) is 0. The van der Waals surface area contributed by atoms with Crippen molar-refractivity contribution in [3.63, 3.8) is 0 Å². The largest absolute Gasteiger partial charge is 0.351 e. The van der Waals surface area contributed by atoms with E-state index >= 15 is 0 Å². The van der Waals surface area contributed by atoms with E-state index in [-0.39, 0.29) is 0 Å². The lowest BCUT2D eigenvalue weighted by molar-refractivity contribution is 0.236. The summed E-state index contributed by atoms with van der Waals surface area (Å²) < 4.78 is 8.46. The van der Waals surface area contributed by atoms with Crippen LogP contribution < -0.4 is 16.8 Å². The molecule has 0 aromatic rings. The van der Waals surface area contributed by atoms with Crippen LogP contribution in [0, 0.1) is 0 Å². The zero-order valence-electron chi connectivity index (χ0n) is 4.77. The summed E-state index contributed by atoms with van der Waals surface area (Å²) in [5, 5.41) is 1.58. The van der Waals surface area contributed by atoms with Crippen molar-refractivity contribution in [2.75, 3.05) is 0 Å². The van der Waals surface area contributed by atoms with Gasteiger partial charge in [0.25, 0.3) is 0 Å². The number of nitrogens with one attached hydrogen (secondary N) is 1. The smallest absolute Gasteiger partial charge is 0.324 e. The van der Waals surface area contributed by atoms with E-state index in [1.807, 2.05) is 0 Å². The van der Waals surface area contributed by atoms with Crippen LogP contribution in [0.3, 0.4) is 0 Å². The minimum absolute atomic E-state index is 0.833. The lowest BCUT2D eigenvalue weighted by Crippen LogP contribution is -2.38. The van der Waals surface area contributed by atoms with Crippen LogP contribution in [0.1, 0.15) is 0 Å². The third-order valence-corrected chi connectivity index (χ3v) is 0.246. The Labute approximate surface area is 57.7 Å². The van der Waals surface area contributed by atoms with Crippen molar-refractivity contribution in [3.05, 3.63) is 0 Å². The van der Waals surface area contributed by atoms with E-state index in [2.05, 4.69) is 11.5 Å². The molecule has 0 heterocycles. The number of hydrogen-bond donors (Lipinski definition) is 4. The predicted molar refractivity (Wildman–Crippen MR) is 32.1 cm³/mol. The zero-order chi connectivity index (χ0) is 8.57. The van der Waals surface area contributed by atoms with Crippen LogP contribution in [0.4, 0.5) is 9.59 Å². The molecule has 0 radical (unpaired) electrons. The highest BCUT2D eigenvalue weighted by molar-refractivity contribution is 7.16. The normalized spacial score (nSPS) is 7.30. The number of carbonyl (C=O) groups excluding carboxylic acids is 2. The number of nitrogens with two attached hydrogens (primary N) is 2. The molecule has 0 aromatic heterocycles. The number of amides is 4. The third kappa shape index (κ3) is 29.2. The summed E-state index contributed by atoms with van der Waals surface area (Å²) in [6, 6.07) is -1.88. The molecular weight excluding hydrogens is 161 g/mol. The second kappa shape index (κ2) is 7.80. The second-order valence-electron chi connectivity index (χ2n) is 0.935. The molecule has 0 aliphatic heterocycles. The molecule has 4 amide bonds. The van der Waals surface area contributed by atoms with Gasteiger partial charge in [-0.25, -0.2) is 14.2 Å². The van der Waals surface area contributed by atoms with Crippen molar-refractivity contribution in [2.45, 2.75) is 0 Å². The summed E-state index contributed by atoms with van der Waals surface area (Å²) >= 11 is 0. The molecule has 0 aromatic carbocycles. The summed E-state index contributed by atoms with van der Waals surface area (Å²) in [6.45, 7) is 0. The minimum Gasteiger partial charge on any atom is -0.351 e. The summed E-state index contributed by atoms with van der Waals surface area (Å²) in [5.41, 5.74) is 8.88. The van der Waals surface area contributed by atoms with Gasteiger partial charge in [-0.3, -0.25) is 5.32 Å². The van der Waals surface area contributed by atoms with Crippen molar-refractivity contribution in [1.29, 1.82) is 0 Å². The van der Waals surface area contributed by atoms with Crippen LogP contribution in [0.15, 0.2) is 0 Å². The number of urea groups is 2. The maximum absolute atomic E-state index is 9.62. The van der Waals surface area contributed by atoms with E-state index < -0.39 is 20.7 Å². The van der Waals surface area contributed by atoms with Gasteiger partial charge in [-0.2, -0.15) is 0 Å². The molecule has 0 bridgehead atoms. The Morgan fingerprint density at radius 1 is 1.30 bits per heavy atom. The second-order valence-corrected chi connectivity index (χ2v) is 1.10. The van der Waals surface area contributed by atoms with E-state index in [9.17, 15) is 9.59 Å². The first-order valence-electron chi connectivity index (χ1n) is 1.87. The molecule has 0 rings (SSSR count). The van der Waals surface area contributed by atoms with Gasteiger partial charge in [-0.15, -0.1) is 0 Å². The van der Waals surface area contributed by atoms with Gasteiger partial charge in [0, 0.05) is 0 Å². The predicted octanol–water partition coefficient (Wildman–Crippen LogP) is -1.08. The zero-order valence-corrected chi connectivity index (χ0v) is 5.67. The molecule has 0 fully saturated rings. The highest BCUT2D eigenvalue weighted by atomic mass is 31.1. The third-order valence-electron chi connectivity index (χ3n) is 0.246. The van der Waals surface area contributed by atoms with Gasteiger partial charge in [0.15, 0.2) is 0 Å². The molecule has 8 heteroatoms. The maximum atomic E-state index is 9.62. The Hall–Kier alpha value is -1.20. The van der Waals surface area contributed by atoms with E-state index in [0.29, 0.717) is 0 Å². The van der Waals surface area contributed by atoms with Gasteiger partial charge < -0.3 is 16.4 Å². The van der Waals surface area contributed by atoms with Crippen molar-refractivity contribution in [1.82, 2.24) is 5.32 Å². The quantitative estimate of drug-likeness (QED) is 0.341. The van der Waals surface area contributed by atoms with Crippen LogP contribution in [0.2, 0.25) is 0 Å². The summed E-state index contributed by atoms with van der Waals surface area (Å²) in [5.74, 6) is 0. The van der Waals surface area contributed by atoms with Crippen molar-refractivity contribution < 1.29 is 19.0 Å². The van der Waals surface area contributed by atoms with Crippen LogP contribution in [0.25, 0.3) is 0 Å². The standard InChI is InChI=1S/C2H5N3O2.HO2P/c3-1(6)5-2(4)7;1-3-2/h(H5,3,4,5,6,7);(H,1,2). The first-order chi connectivity index (χ1) is 4.54. The Kier molecular flexibility index (Phi) is 9.03. The fourth-order valence-electron chi connectivity index (χ4n) is 0.121. The molecule has 0 saturated carbocycles. The Morgan fingerprint density at radius 2 is 1.50 bits per heavy atom. The monoisotopic (exact) mass is 167 g/mol. The molecule has 0 aliphatic rings. The van der Waals surface area contributed by atoms with E-state index in [1.165, 1.54) is 0 Å². The number of imide groups is 1. The summed E-state index contributed by atoms with van der Waals surface area (Å²) in [4.78, 5) is 26.2. The van der Waals surface area contributed by atoms with Gasteiger partial charge >= 0.3 is 20.7 Å². The highest BCUT2D eigenvalue weighted by Gasteiger charge is 1.92. The average molecular weight is 167 g/mol.